The molecule has 0 spiro atoms. The van der Waals surface area contributed by atoms with Gasteiger partial charge in [0.05, 0.1) is 5.54 Å². The van der Waals surface area contributed by atoms with Crippen molar-refractivity contribution in [3.05, 3.63) is 22.4 Å². The largest absolute Gasteiger partial charge is 0.319 e. The molecular formula is C11H15NOS. The van der Waals surface area contributed by atoms with Gasteiger partial charge in [-0.1, -0.05) is 6.07 Å². The maximum Gasteiger partial charge on any atom is 0.157 e. The lowest BCUT2D eigenvalue weighted by atomic mass is 9.90. The Hall–Kier alpha value is -0.670. The molecule has 0 bridgehead atoms. The Morgan fingerprint density at radius 3 is 2.93 bits per heavy atom. The molecule has 1 aromatic heterocycles. The van der Waals surface area contributed by atoms with E-state index < -0.39 is 5.54 Å². The van der Waals surface area contributed by atoms with Gasteiger partial charge in [0.15, 0.2) is 5.78 Å². The first-order valence-corrected chi connectivity index (χ1v) is 5.83. The van der Waals surface area contributed by atoms with Crippen LogP contribution in [0.15, 0.2) is 17.5 Å². The van der Waals surface area contributed by atoms with E-state index in [0.717, 1.165) is 17.7 Å². The van der Waals surface area contributed by atoms with Crippen LogP contribution < -0.4 is 5.73 Å². The fraction of sp³-hybridized carbons (Fsp3) is 0.545. The van der Waals surface area contributed by atoms with E-state index in [2.05, 4.69) is 0 Å². The topological polar surface area (TPSA) is 43.1 Å². The normalized spacial score (nSPS) is 20.4. The van der Waals surface area contributed by atoms with Crippen molar-refractivity contribution in [3.8, 4) is 0 Å². The highest BCUT2D eigenvalue weighted by Gasteiger charge is 2.43. The second kappa shape index (κ2) is 3.48. The summed E-state index contributed by atoms with van der Waals surface area (Å²) in [4.78, 5) is 13.0. The molecule has 0 radical (unpaired) electrons. The Morgan fingerprint density at radius 1 is 1.71 bits per heavy atom. The number of Topliss-reactive ketones (excluding diaryl/α,β-unsaturated/α-hetero) is 1. The van der Waals surface area contributed by atoms with Crippen LogP contribution in [0.5, 0.6) is 0 Å². The van der Waals surface area contributed by atoms with E-state index in [0.29, 0.717) is 12.3 Å². The van der Waals surface area contributed by atoms with Crippen LogP contribution in [0.4, 0.5) is 0 Å². The van der Waals surface area contributed by atoms with Gasteiger partial charge in [0.2, 0.25) is 0 Å². The van der Waals surface area contributed by atoms with E-state index in [9.17, 15) is 4.79 Å². The molecule has 14 heavy (non-hydrogen) atoms. The summed E-state index contributed by atoms with van der Waals surface area (Å²) < 4.78 is 0. The molecule has 0 amide bonds. The molecule has 1 aliphatic carbocycles. The molecule has 0 aromatic carbocycles. The van der Waals surface area contributed by atoms with Gasteiger partial charge < -0.3 is 5.73 Å². The van der Waals surface area contributed by atoms with Crippen molar-refractivity contribution >= 4 is 17.1 Å². The van der Waals surface area contributed by atoms with Crippen LogP contribution in [0.25, 0.3) is 0 Å². The van der Waals surface area contributed by atoms with E-state index in [-0.39, 0.29) is 5.78 Å². The van der Waals surface area contributed by atoms with Crippen molar-refractivity contribution in [3.63, 3.8) is 0 Å². The third-order valence-electron chi connectivity index (χ3n) is 2.94. The molecule has 0 saturated heterocycles. The molecule has 1 fully saturated rings. The van der Waals surface area contributed by atoms with Crippen molar-refractivity contribution in [2.45, 2.75) is 31.7 Å². The molecule has 1 unspecified atom stereocenters. The number of thiophene rings is 1. The Kier molecular flexibility index (Phi) is 2.45. The van der Waals surface area contributed by atoms with Crippen molar-refractivity contribution in [2.24, 2.45) is 11.7 Å². The molecule has 2 rings (SSSR count). The standard InChI is InChI=1S/C11H15NOS/c1-11(12,8-4-5-8)10(13)7-9-3-2-6-14-9/h2-3,6,8H,4-5,7,12H2,1H3. The number of ketones is 1. The van der Waals surface area contributed by atoms with Gasteiger partial charge in [-0.15, -0.1) is 11.3 Å². The first kappa shape index (κ1) is 9.87. The summed E-state index contributed by atoms with van der Waals surface area (Å²) in [6, 6.07) is 3.96. The molecule has 1 atom stereocenters. The SMILES string of the molecule is CC(N)(C(=O)Cc1cccs1)C1CC1. The number of carbonyl (C=O) groups excluding carboxylic acids is 1. The monoisotopic (exact) mass is 209 g/mol. The number of carbonyl (C=O) groups is 1. The fourth-order valence-corrected chi connectivity index (χ4v) is 2.38. The van der Waals surface area contributed by atoms with Gasteiger partial charge in [0.25, 0.3) is 0 Å². The molecule has 3 heteroatoms. The lowest BCUT2D eigenvalue weighted by Crippen LogP contribution is -2.47. The van der Waals surface area contributed by atoms with E-state index in [1.807, 2.05) is 24.4 Å². The second-order valence-corrected chi connectivity index (χ2v) is 5.27. The van der Waals surface area contributed by atoms with Gasteiger partial charge in [0.1, 0.15) is 0 Å². The fourth-order valence-electron chi connectivity index (χ4n) is 1.67. The zero-order valence-corrected chi connectivity index (χ0v) is 9.14. The Balaban J connectivity index is 2.01. The molecule has 1 saturated carbocycles. The number of hydrogen-bond donors (Lipinski definition) is 1. The summed E-state index contributed by atoms with van der Waals surface area (Å²) in [7, 11) is 0. The predicted molar refractivity (Wildman–Crippen MR) is 58.3 cm³/mol. The van der Waals surface area contributed by atoms with Crippen LogP contribution in [-0.4, -0.2) is 11.3 Å². The van der Waals surface area contributed by atoms with Gasteiger partial charge in [0, 0.05) is 11.3 Å². The minimum absolute atomic E-state index is 0.183. The van der Waals surface area contributed by atoms with Crippen molar-refractivity contribution in [2.75, 3.05) is 0 Å². The van der Waals surface area contributed by atoms with Crippen molar-refractivity contribution in [1.29, 1.82) is 0 Å². The summed E-state index contributed by atoms with van der Waals surface area (Å²) in [6.07, 6.45) is 2.73. The van der Waals surface area contributed by atoms with E-state index >= 15 is 0 Å². The third-order valence-corrected chi connectivity index (χ3v) is 3.82. The van der Waals surface area contributed by atoms with E-state index in [4.69, 9.17) is 5.73 Å². The van der Waals surface area contributed by atoms with Gasteiger partial charge in [-0.05, 0) is 37.1 Å². The lowest BCUT2D eigenvalue weighted by molar-refractivity contribution is -0.123. The van der Waals surface area contributed by atoms with Gasteiger partial charge in [-0.25, -0.2) is 0 Å². The Morgan fingerprint density at radius 2 is 2.43 bits per heavy atom. The van der Waals surface area contributed by atoms with Crippen LogP contribution in [-0.2, 0) is 11.2 Å². The molecule has 1 heterocycles. The van der Waals surface area contributed by atoms with Crippen LogP contribution in [0, 0.1) is 5.92 Å². The second-order valence-electron chi connectivity index (χ2n) is 4.24. The highest BCUT2D eigenvalue weighted by atomic mass is 32.1. The van der Waals surface area contributed by atoms with Gasteiger partial charge in [-0.3, -0.25) is 4.79 Å². The molecule has 2 nitrogen and oxygen atoms in total. The van der Waals surface area contributed by atoms with Crippen molar-refractivity contribution < 1.29 is 4.79 Å². The zero-order valence-electron chi connectivity index (χ0n) is 8.32. The van der Waals surface area contributed by atoms with Crippen LogP contribution in [0.1, 0.15) is 24.6 Å². The Labute approximate surface area is 88.1 Å². The lowest BCUT2D eigenvalue weighted by Gasteiger charge is -2.22. The first-order valence-electron chi connectivity index (χ1n) is 4.95. The van der Waals surface area contributed by atoms with E-state index in [1.54, 1.807) is 11.3 Å². The summed E-state index contributed by atoms with van der Waals surface area (Å²) in [5.41, 5.74) is 5.44. The predicted octanol–water partition coefficient (Wildman–Crippen LogP) is 1.99. The summed E-state index contributed by atoms with van der Waals surface area (Å²) in [6.45, 7) is 1.88. The van der Waals surface area contributed by atoms with Crippen LogP contribution >= 0.6 is 11.3 Å². The molecule has 76 valence electrons. The average molecular weight is 209 g/mol. The smallest absolute Gasteiger partial charge is 0.157 e. The molecule has 0 aliphatic heterocycles. The summed E-state index contributed by atoms with van der Waals surface area (Å²) >= 11 is 1.62. The summed E-state index contributed by atoms with van der Waals surface area (Å²) in [5.74, 6) is 0.609. The summed E-state index contributed by atoms with van der Waals surface area (Å²) in [5, 5.41) is 1.99. The quantitative estimate of drug-likeness (QED) is 0.824. The minimum atomic E-state index is -0.593. The molecular weight excluding hydrogens is 194 g/mol. The van der Waals surface area contributed by atoms with Crippen LogP contribution in [0.2, 0.25) is 0 Å². The maximum atomic E-state index is 11.9. The zero-order chi connectivity index (χ0) is 10.2. The molecule has 1 aromatic rings. The van der Waals surface area contributed by atoms with E-state index in [1.165, 1.54) is 0 Å². The average Bonchev–Trinajstić information content (AvgIpc) is 2.88. The molecule has 2 N–H and O–H groups in total. The Bertz CT molecular complexity index is 325. The van der Waals surface area contributed by atoms with Gasteiger partial charge >= 0.3 is 0 Å². The number of hydrogen-bond acceptors (Lipinski definition) is 3. The first-order chi connectivity index (χ1) is 6.60. The number of nitrogens with two attached hydrogens (primary N) is 1. The third kappa shape index (κ3) is 1.88. The molecule has 1 aliphatic rings. The maximum absolute atomic E-state index is 11.9. The van der Waals surface area contributed by atoms with Crippen LogP contribution in [0.3, 0.4) is 0 Å². The highest BCUT2D eigenvalue weighted by molar-refractivity contribution is 7.10. The minimum Gasteiger partial charge on any atom is -0.319 e. The number of rotatable bonds is 4. The van der Waals surface area contributed by atoms with Gasteiger partial charge in [-0.2, -0.15) is 0 Å². The highest BCUT2D eigenvalue weighted by Crippen LogP contribution is 2.39. The van der Waals surface area contributed by atoms with Crippen molar-refractivity contribution in [1.82, 2.24) is 0 Å².